The summed E-state index contributed by atoms with van der Waals surface area (Å²) >= 11 is 1.98. The molecule has 3 rings (SSSR count). The molecule has 1 fully saturated rings. The highest BCUT2D eigenvalue weighted by Crippen LogP contribution is 2.22. The molecule has 0 spiro atoms. The Bertz CT molecular complexity index is 706. The molecular weight excluding hydrogens is 306 g/mol. The molecule has 2 aromatic rings. The van der Waals surface area contributed by atoms with Crippen molar-refractivity contribution in [3.63, 3.8) is 0 Å². The van der Waals surface area contributed by atoms with Gasteiger partial charge in [-0.1, -0.05) is 12.1 Å². The molecule has 118 valence electrons. The van der Waals surface area contributed by atoms with E-state index >= 15 is 0 Å². The number of aromatic nitrogens is 2. The van der Waals surface area contributed by atoms with Crippen molar-refractivity contribution in [1.29, 1.82) is 5.26 Å². The normalized spacial score (nSPS) is 15.7. The average Bonchev–Trinajstić information content (AvgIpc) is 2.63. The van der Waals surface area contributed by atoms with E-state index in [1.165, 1.54) is 0 Å². The second-order valence-corrected chi connectivity index (χ2v) is 6.69. The second kappa shape index (κ2) is 7.34. The first-order valence-corrected chi connectivity index (χ1v) is 8.83. The highest BCUT2D eigenvalue weighted by molar-refractivity contribution is 7.99. The van der Waals surface area contributed by atoms with Crippen LogP contribution in [-0.2, 0) is 0 Å². The summed E-state index contributed by atoms with van der Waals surface area (Å²) in [6.45, 7) is 4.12. The van der Waals surface area contributed by atoms with Gasteiger partial charge < -0.3 is 10.2 Å². The molecule has 0 amide bonds. The standard InChI is InChI=1S/C17H19N5S/c1-13(15-4-2-3-14(9-15)11-18)21-16-10-17(20-12-19-16)22-5-7-23-8-6-22/h2-4,9-10,12-13H,5-8H2,1H3,(H,19,20,21). The van der Waals surface area contributed by atoms with Crippen LogP contribution in [0.1, 0.15) is 24.1 Å². The number of thioether (sulfide) groups is 1. The van der Waals surface area contributed by atoms with Gasteiger partial charge in [0.2, 0.25) is 0 Å². The summed E-state index contributed by atoms with van der Waals surface area (Å²) in [4.78, 5) is 11.0. The molecule has 1 atom stereocenters. The Morgan fingerprint density at radius 1 is 1.26 bits per heavy atom. The van der Waals surface area contributed by atoms with Crippen molar-refractivity contribution in [1.82, 2.24) is 9.97 Å². The van der Waals surface area contributed by atoms with Crippen LogP contribution in [0.5, 0.6) is 0 Å². The van der Waals surface area contributed by atoms with Crippen LogP contribution in [0.2, 0.25) is 0 Å². The monoisotopic (exact) mass is 325 g/mol. The molecule has 0 radical (unpaired) electrons. The Kier molecular flexibility index (Phi) is 4.99. The van der Waals surface area contributed by atoms with Gasteiger partial charge in [-0.2, -0.15) is 17.0 Å². The summed E-state index contributed by atoms with van der Waals surface area (Å²) < 4.78 is 0. The Morgan fingerprint density at radius 2 is 2.09 bits per heavy atom. The highest BCUT2D eigenvalue weighted by Gasteiger charge is 2.14. The van der Waals surface area contributed by atoms with Gasteiger partial charge in [0.15, 0.2) is 0 Å². The molecule has 0 saturated carbocycles. The lowest BCUT2D eigenvalue weighted by Gasteiger charge is -2.27. The fourth-order valence-electron chi connectivity index (χ4n) is 2.57. The van der Waals surface area contributed by atoms with E-state index in [-0.39, 0.29) is 6.04 Å². The molecular formula is C17H19N5S. The zero-order valence-electron chi connectivity index (χ0n) is 13.1. The number of nitrogens with one attached hydrogen (secondary N) is 1. The van der Waals surface area contributed by atoms with Gasteiger partial charge >= 0.3 is 0 Å². The number of anilines is 2. The maximum atomic E-state index is 9.02. The lowest BCUT2D eigenvalue weighted by molar-refractivity contribution is 0.829. The Morgan fingerprint density at radius 3 is 2.87 bits per heavy atom. The lowest BCUT2D eigenvalue weighted by Crippen LogP contribution is -2.33. The summed E-state index contributed by atoms with van der Waals surface area (Å²) in [6, 6.07) is 11.9. The van der Waals surface area contributed by atoms with Gasteiger partial charge in [0.05, 0.1) is 11.6 Å². The van der Waals surface area contributed by atoms with Gasteiger partial charge in [-0.05, 0) is 24.6 Å². The summed E-state index contributed by atoms with van der Waals surface area (Å²) in [5.41, 5.74) is 1.74. The molecule has 23 heavy (non-hydrogen) atoms. The van der Waals surface area contributed by atoms with Crippen LogP contribution in [-0.4, -0.2) is 34.6 Å². The van der Waals surface area contributed by atoms with Crippen LogP contribution in [0.3, 0.4) is 0 Å². The molecule has 6 heteroatoms. The van der Waals surface area contributed by atoms with Crippen molar-refractivity contribution in [2.45, 2.75) is 13.0 Å². The zero-order chi connectivity index (χ0) is 16.1. The van der Waals surface area contributed by atoms with Crippen LogP contribution < -0.4 is 10.2 Å². The molecule has 1 N–H and O–H groups in total. The third kappa shape index (κ3) is 3.93. The molecule has 1 aliphatic rings. The number of nitriles is 1. The minimum absolute atomic E-state index is 0.0722. The zero-order valence-corrected chi connectivity index (χ0v) is 13.9. The van der Waals surface area contributed by atoms with E-state index in [0.717, 1.165) is 41.8 Å². The maximum Gasteiger partial charge on any atom is 0.134 e. The van der Waals surface area contributed by atoms with Crippen molar-refractivity contribution in [2.24, 2.45) is 0 Å². The summed E-state index contributed by atoms with van der Waals surface area (Å²) in [6.07, 6.45) is 1.61. The van der Waals surface area contributed by atoms with Crippen molar-refractivity contribution >= 4 is 23.4 Å². The van der Waals surface area contributed by atoms with Gasteiger partial charge in [0.25, 0.3) is 0 Å². The highest BCUT2D eigenvalue weighted by atomic mass is 32.2. The summed E-state index contributed by atoms with van der Waals surface area (Å²) in [5, 5.41) is 12.4. The predicted molar refractivity (Wildman–Crippen MR) is 94.8 cm³/mol. The van der Waals surface area contributed by atoms with E-state index < -0.39 is 0 Å². The largest absolute Gasteiger partial charge is 0.363 e. The molecule has 5 nitrogen and oxygen atoms in total. The first-order valence-electron chi connectivity index (χ1n) is 7.67. The minimum atomic E-state index is 0.0722. The number of benzene rings is 1. The first kappa shape index (κ1) is 15.6. The maximum absolute atomic E-state index is 9.02. The molecule has 2 heterocycles. The molecule has 1 aliphatic heterocycles. The quantitative estimate of drug-likeness (QED) is 0.932. The van der Waals surface area contributed by atoms with Crippen LogP contribution in [0.25, 0.3) is 0 Å². The van der Waals surface area contributed by atoms with Crippen molar-refractivity contribution < 1.29 is 0 Å². The molecule has 1 unspecified atom stereocenters. The van der Waals surface area contributed by atoms with Crippen molar-refractivity contribution in [3.05, 3.63) is 47.8 Å². The minimum Gasteiger partial charge on any atom is -0.363 e. The fraction of sp³-hybridized carbons (Fsp3) is 0.353. The van der Waals surface area contributed by atoms with E-state index in [4.69, 9.17) is 5.26 Å². The Balaban J connectivity index is 1.73. The van der Waals surface area contributed by atoms with E-state index in [9.17, 15) is 0 Å². The third-order valence-corrected chi connectivity index (χ3v) is 4.81. The van der Waals surface area contributed by atoms with Gasteiger partial charge in [0.1, 0.15) is 18.0 Å². The van der Waals surface area contributed by atoms with E-state index in [0.29, 0.717) is 5.56 Å². The SMILES string of the molecule is CC(Nc1cc(N2CCSCC2)ncn1)c1cccc(C#N)c1. The molecule has 1 aromatic carbocycles. The third-order valence-electron chi connectivity index (χ3n) is 3.87. The van der Waals surface area contributed by atoms with Gasteiger partial charge in [-0.15, -0.1) is 0 Å². The van der Waals surface area contributed by atoms with Gasteiger partial charge in [-0.3, -0.25) is 0 Å². The molecule has 0 aliphatic carbocycles. The summed E-state index contributed by atoms with van der Waals surface area (Å²) in [7, 11) is 0. The smallest absolute Gasteiger partial charge is 0.134 e. The summed E-state index contributed by atoms with van der Waals surface area (Å²) in [5.74, 6) is 4.07. The number of rotatable bonds is 4. The predicted octanol–water partition coefficient (Wildman–Crippen LogP) is 3.07. The van der Waals surface area contributed by atoms with Crippen LogP contribution in [0.4, 0.5) is 11.6 Å². The van der Waals surface area contributed by atoms with Crippen molar-refractivity contribution in [2.75, 3.05) is 34.8 Å². The van der Waals surface area contributed by atoms with Crippen LogP contribution >= 0.6 is 11.8 Å². The first-order chi connectivity index (χ1) is 11.3. The number of nitrogens with zero attached hydrogens (tertiary/aromatic N) is 4. The topological polar surface area (TPSA) is 64.8 Å². The van der Waals surface area contributed by atoms with E-state index in [1.807, 2.05) is 42.1 Å². The Hall–Kier alpha value is -2.26. The van der Waals surface area contributed by atoms with Gasteiger partial charge in [0, 0.05) is 36.7 Å². The molecule has 1 saturated heterocycles. The lowest BCUT2D eigenvalue weighted by atomic mass is 10.1. The van der Waals surface area contributed by atoms with E-state index in [1.54, 1.807) is 6.33 Å². The fourth-order valence-corrected chi connectivity index (χ4v) is 3.48. The van der Waals surface area contributed by atoms with E-state index in [2.05, 4.69) is 33.2 Å². The second-order valence-electron chi connectivity index (χ2n) is 5.46. The van der Waals surface area contributed by atoms with Gasteiger partial charge in [-0.25, -0.2) is 9.97 Å². The molecule has 0 bridgehead atoms. The average molecular weight is 325 g/mol. The molecule has 1 aromatic heterocycles. The Labute approximate surface area is 140 Å². The van der Waals surface area contributed by atoms with Crippen molar-refractivity contribution in [3.8, 4) is 6.07 Å². The number of hydrogen-bond donors (Lipinski definition) is 1. The number of hydrogen-bond acceptors (Lipinski definition) is 6. The van der Waals surface area contributed by atoms with Crippen LogP contribution in [0, 0.1) is 11.3 Å². The van der Waals surface area contributed by atoms with Crippen LogP contribution in [0.15, 0.2) is 36.7 Å².